The summed E-state index contributed by atoms with van der Waals surface area (Å²) in [5.74, 6) is -0.266. The molecule has 0 aliphatic rings. The number of benzene rings is 1. The minimum Gasteiger partial charge on any atom is -0.478 e. The molecule has 0 saturated carbocycles. The molecule has 0 radical (unpaired) electrons. The normalized spacial score (nSPS) is 8.94. The molecule has 0 amide bonds. The molecule has 6 nitrogen and oxygen atoms in total. The van der Waals surface area contributed by atoms with Crippen LogP contribution >= 0.6 is 0 Å². The largest absolute Gasteiger partial charge is 0.478 e. The van der Waals surface area contributed by atoms with Crippen LogP contribution in [0.15, 0.2) is 42.6 Å². The van der Waals surface area contributed by atoms with Crippen LogP contribution in [-0.4, -0.2) is 21.0 Å². The summed E-state index contributed by atoms with van der Waals surface area (Å²) in [6, 6.07) is 9.88. The van der Waals surface area contributed by atoms with Crippen molar-refractivity contribution in [2.75, 3.05) is 11.5 Å². The summed E-state index contributed by atoms with van der Waals surface area (Å²) in [4.78, 5) is 17.4. The van der Waals surface area contributed by atoms with E-state index in [1.54, 1.807) is 36.4 Å². The van der Waals surface area contributed by atoms with Crippen LogP contribution in [0.25, 0.3) is 0 Å². The number of aromatic nitrogens is 2. The van der Waals surface area contributed by atoms with Gasteiger partial charge in [0.25, 0.3) is 0 Å². The number of nitrogens with zero attached hydrogens (tertiary/aromatic N) is 2. The Kier molecular flexibility index (Phi) is 4.44. The quantitative estimate of drug-likeness (QED) is 0.676. The van der Waals surface area contributed by atoms with E-state index in [-0.39, 0.29) is 5.95 Å². The van der Waals surface area contributed by atoms with Gasteiger partial charge in [-0.25, -0.2) is 9.78 Å². The van der Waals surface area contributed by atoms with Gasteiger partial charge in [-0.1, -0.05) is 18.2 Å². The average molecular weight is 232 g/mol. The van der Waals surface area contributed by atoms with Crippen LogP contribution in [0.4, 0.5) is 11.8 Å². The van der Waals surface area contributed by atoms with Gasteiger partial charge in [-0.05, 0) is 18.2 Å². The first-order valence-electron chi connectivity index (χ1n) is 4.72. The van der Waals surface area contributed by atoms with Crippen LogP contribution in [0, 0.1) is 0 Å². The van der Waals surface area contributed by atoms with Crippen molar-refractivity contribution in [2.24, 2.45) is 0 Å². The Hall–Kier alpha value is -2.63. The summed E-state index contributed by atoms with van der Waals surface area (Å²) < 4.78 is 0. The highest BCUT2D eigenvalue weighted by molar-refractivity contribution is 5.87. The summed E-state index contributed by atoms with van der Waals surface area (Å²) in [5, 5.41) is 8.38. The first-order valence-corrected chi connectivity index (χ1v) is 4.72. The topological polar surface area (TPSA) is 115 Å². The Morgan fingerprint density at radius 1 is 1.12 bits per heavy atom. The number of carboxylic acids is 1. The zero-order valence-corrected chi connectivity index (χ0v) is 8.95. The zero-order chi connectivity index (χ0) is 12.7. The van der Waals surface area contributed by atoms with Gasteiger partial charge in [0.1, 0.15) is 5.82 Å². The minimum absolute atomic E-state index is 0.213. The van der Waals surface area contributed by atoms with Crippen LogP contribution in [0.5, 0.6) is 0 Å². The van der Waals surface area contributed by atoms with Crippen LogP contribution in [0.2, 0.25) is 0 Å². The van der Waals surface area contributed by atoms with Crippen LogP contribution in [0.3, 0.4) is 0 Å². The molecule has 17 heavy (non-hydrogen) atoms. The lowest BCUT2D eigenvalue weighted by molar-refractivity contribution is 0.0697. The third-order valence-electron chi connectivity index (χ3n) is 1.72. The Morgan fingerprint density at radius 3 is 2.12 bits per heavy atom. The maximum absolute atomic E-state index is 10.2. The molecule has 0 unspecified atom stereocenters. The standard InChI is InChI=1S/C7H6O2.C4H6N4/c8-7(9)6-4-2-1-3-5-6;5-3-1-2-7-4(6)8-3/h1-5H,(H,8,9);1-2H,(H4,5,6,7,8). The molecule has 0 spiro atoms. The maximum atomic E-state index is 10.2. The van der Waals surface area contributed by atoms with E-state index in [1.807, 2.05) is 0 Å². The summed E-state index contributed by atoms with van der Waals surface area (Å²) in [6.45, 7) is 0. The highest BCUT2D eigenvalue weighted by Gasteiger charge is 1.96. The molecule has 0 bridgehead atoms. The number of nitrogen functional groups attached to an aromatic ring is 2. The lowest BCUT2D eigenvalue weighted by atomic mass is 10.2. The van der Waals surface area contributed by atoms with Crippen molar-refractivity contribution in [3.8, 4) is 0 Å². The van der Waals surface area contributed by atoms with Gasteiger partial charge in [0, 0.05) is 6.20 Å². The van der Waals surface area contributed by atoms with Gasteiger partial charge in [-0.3, -0.25) is 0 Å². The van der Waals surface area contributed by atoms with Gasteiger partial charge in [0.05, 0.1) is 5.56 Å². The Bertz CT molecular complexity index is 471. The second-order valence-corrected chi connectivity index (χ2v) is 3.01. The number of hydrogen-bond donors (Lipinski definition) is 3. The van der Waals surface area contributed by atoms with Crippen molar-refractivity contribution >= 4 is 17.7 Å². The number of anilines is 2. The monoisotopic (exact) mass is 232 g/mol. The molecular weight excluding hydrogens is 220 g/mol. The van der Waals surface area contributed by atoms with Gasteiger partial charge < -0.3 is 16.6 Å². The van der Waals surface area contributed by atoms with E-state index in [0.29, 0.717) is 11.4 Å². The highest BCUT2D eigenvalue weighted by Crippen LogP contribution is 1.96. The van der Waals surface area contributed by atoms with Crippen molar-refractivity contribution in [3.05, 3.63) is 48.2 Å². The van der Waals surface area contributed by atoms with Crippen molar-refractivity contribution in [1.29, 1.82) is 0 Å². The van der Waals surface area contributed by atoms with Gasteiger partial charge >= 0.3 is 5.97 Å². The zero-order valence-electron chi connectivity index (χ0n) is 8.95. The fourth-order valence-electron chi connectivity index (χ4n) is 0.969. The van der Waals surface area contributed by atoms with Gasteiger partial charge in [-0.15, -0.1) is 0 Å². The predicted octanol–water partition coefficient (Wildman–Crippen LogP) is 1.03. The van der Waals surface area contributed by atoms with Gasteiger partial charge in [0.15, 0.2) is 0 Å². The fourth-order valence-corrected chi connectivity index (χ4v) is 0.969. The average Bonchev–Trinajstić information content (AvgIpc) is 2.30. The molecule has 5 N–H and O–H groups in total. The van der Waals surface area contributed by atoms with E-state index in [9.17, 15) is 4.79 Å². The molecule has 6 heteroatoms. The number of rotatable bonds is 1. The van der Waals surface area contributed by atoms with Gasteiger partial charge in [-0.2, -0.15) is 4.98 Å². The molecule has 1 heterocycles. The van der Waals surface area contributed by atoms with Crippen molar-refractivity contribution < 1.29 is 9.90 Å². The molecule has 1 aromatic heterocycles. The van der Waals surface area contributed by atoms with E-state index < -0.39 is 5.97 Å². The van der Waals surface area contributed by atoms with E-state index in [1.165, 1.54) is 6.20 Å². The fraction of sp³-hybridized carbons (Fsp3) is 0. The first kappa shape index (κ1) is 12.4. The maximum Gasteiger partial charge on any atom is 0.335 e. The van der Waals surface area contributed by atoms with Crippen molar-refractivity contribution in [2.45, 2.75) is 0 Å². The lowest BCUT2D eigenvalue weighted by Crippen LogP contribution is -1.96. The van der Waals surface area contributed by atoms with E-state index in [2.05, 4.69) is 9.97 Å². The molecule has 0 saturated heterocycles. The van der Waals surface area contributed by atoms with Crippen LogP contribution in [-0.2, 0) is 0 Å². The Morgan fingerprint density at radius 2 is 1.76 bits per heavy atom. The first-order chi connectivity index (χ1) is 8.09. The molecule has 2 rings (SSSR count). The van der Waals surface area contributed by atoms with Crippen molar-refractivity contribution in [3.63, 3.8) is 0 Å². The third-order valence-corrected chi connectivity index (χ3v) is 1.72. The number of aromatic carboxylic acids is 1. The van der Waals surface area contributed by atoms with Gasteiger partial charge in [0.2, 0.25) is 5.95 Å². The molecule has 0 aliphatic carbocycles. The SMILES string of the molecule is Nc1ccnc(N)n1.O=C(O)c1ccccc1. The number of carboxylic acid groups (broad SMARTS) is 1. The third kappa shape index (κ3) is 4.61. The number of nitrogens with two attached hydrogens (primary N) is 2. The Balaban J connectivity index is 0.000000171. The molecule has 0 fully saturated rings. The molecule has 0 atom stereocenters. The number of hydrogen-bond acceptors (Lipinski definition) is 5. The second-order valence-electron chi connectivity index (χ2n) is 3.01. The molecule has 88 valence electrons. The minimum atomic E-state index is -0.879. The summed E-state index contributed by atoms with van der Waals surface area (Å²) in [5.41, 5.74) is 10.7. The van der Waals surface area contributed by atoms with Crippen LogP contribution < -0.4 is 11.5 Å². The second kappa shape index (κ2) is 6.06. The molecule has 0 aliphatic heterocycles. The molecule has 1 aromatic carbocycles. The Labute approximate surface area is 97.9 Å². The smallest absolute Gasteiger partial charge is 0.335 e. The lowest BCUT2D eigenvalue weighted by Gasteiger charge is -1.89. The van der Waals surface area contributed by atoms with Crippen molar-refractivity contribution in [1.82, 2.24) is 9.97 Å². The highest BCUT2D eigenvalue weighted by atomic mass is 16.4. The number of carbonyl (C=O) groups is 1. The van der Waals surface area contributed by atoms with E-state index >= 15 is 0 Å². The molecular formula is C11H12N4O2. The van der Waals surface area contributed by atoms with E-state index in [0.717, 1.165) is 0 Å². The predicted molar refractivity (Wildman–Crippen MR) is 64.3 cm³/mol. The van der Waals surface area contributed by atoms with E-state index in [4.69, 9.17) is 16.6 Å². The summed E-state index contributed by atoms with van der Waals surface area (Å²) in [6.07, 6.45) is 1.51. The van der Waals surface area contributed by atoms with Crippen LogP contribution in [0.1, 0.15) is 10.4 Å². The summed E-state index contributed by atoms with van der Waals surface area (Å²) >= 11 is 0. The summed E-state index contributed by atoms with van der Waals surface area (Å²) in [7, 11) is 0. The molecule has 2 aromatic rings.